The second kappa shape index (κ2) is 13.6. The number of benzene rings is 6. The fourth-order valence-corrected chi connectivity index (χ4v) is 4.61. The van der Waals surface area contributed by atoms with Gasteiger partial charge in [0, 0.05) is 11.1 Å². The molecule has 0 aliphatic carbocycles. The highest BCUT2D eigenvalue weighted by Gasteiger charge is 2.26. The smallest absolute Gasteiger partial charge is 0.296 e. The Balaban J connectivity index is 0.000000133. The lowest BCUT2D eigenvalue weighted by atomic mass is 10.0. The second-order valence-corrected chi connectivity index (χ2v) is 9.67. The lowest BCUT2D eigenvalue weighted by molar-refractivity contribution is -0.112. The van der Waals surface area contributed by atoms with Crippen LogP contribution >= 0.6 is 0 Å². The number of ketones is 1. The Morgan fingerprint density at radius 2 is 0.721 bits per heavy atom. The Hall–Kier alpha value is -5.94. The number of hydrogen-bond acceptors (Lipinski definition) is 4. The van der Waals surface area contributed by atoms with Gasteiger partial charge < -0.3 is 15.5 Å². The molecule has 3 N–H and O–H groups in total. The molecule has 5 nitrogen and oxygen atoms in total. The number of Topliss-reactive ketones (excluding diaryl/α,β-unsaturated/α-hetero) is 1. The van der Waals surface area contributed by atoms with Crippen LogP contribution in [0.3, 0.4) is 0 Å². The van der Waals surface area contributed by atoms with E-state index in [9.17, 15) is 19.8 Å². The highest BCUT2D eigenvalue weighted by atomic mass is 16.3. The van der Waals surface area contributed by atoms with Crippen molar-refractivity contribution in [1.29, 1.82) is 0 Å². The van der Waals surface area contributed by atoms with Gasteiger partial charge in [-0.2, -0.15) is 0 Å². The van der Waals surface area contributed by atoms with E-state index in [2.05, 4.69) is 78.1 Å². The number of amides is 1. The lowest BCUT2D eigenvalue weighted by Crippen LogP contribution is -2.12. The number of carbonyl (C=O) groups is 2. The second-order valence-electron chi connectivity index (χ2n) is 9.67. The van der Waals surface area contributed by atoms with Crippen molar-refractivity contribution in [2.75, 3.05) is 5.32 Å². The minimum Gasteiger partial charge on any atom is -0.507 e. The van der Waals surface area contributed by atoms with E-state index in [1.165, 1.54) is 22.3 Å². The Morgan fingerprint density at radius 3 is 1.14 bits per heavy atom. The van der Waals surface area contributed by atoms with Crippen molar-refractivity contribution in [1.82, 2.24) is 0 Å². The number of para-hydroxylation sites is 3. The van der Waals surface area contributed by atoms with Crippen LogP contribution in [0.2, 0.25) is 0 Å². The summed E-state index contributed by atoms with van der Waals surface area (Å²) in [6.07, 6.45) is 0. The summed E-state index contributed by atoms with van der Waals surface area (Å²) in [4.78, 5) is 21.8. The molecular formula is C38H29NO4. The van der Waals surface area contributed by atoms with Crippen LogP contribution in [0.5, 0.6) is 11.5 Å². The molecule has 0 atom stereocenters. The van der Waals surface area contributed by atoms with Gasteiger partial charge in [0.15, 0.2) is 0 Å². The van der Waals surface area contributed by atoms with Crippen LogP contribution in [-0.4, -0.2) is 21.9 Å². The largest absolute Gasteiger partial charge is 0.507 e. The molecule has 1 amide bonds. The van der Waals surface area contributed by atoms with Gasteiger partial charge in [-0.15, -0.1) is 0 Å². The first-order valence-electron chi connectivity index (χ1n) is 13.7. The van der Waals surface area contributed by atoms with E-state index in [1.807, 2.05) is 24.3 Å². The average molecular weight is 564 g/mol. The monoisotopic (exact) mass is 563 g/mol. The Kier molecular flexibility index (Phi) is 9.05. The molecule has 0 radical (unpaired) electrons. The fraction of sp³-hybridized carbons (Fsp3) is 0. The molecule has 0 fully saturated rings. The summed E-state index contributed by atoms with van der Waals surface area (Å²) >= 11 is 0. The quantitative estimate of drug-likeness (QED) is 0.188. The zero-order chi connectivity index (χ0) is 30.0. The number of nitrogens with one attached hydrogen (secondary N) is 1. The van der Waals surface area contributed by atoms with E-state index in [-0.39, 0.29) is 11.5 Å². The lowest BCUT2D eigenvalue weighted by Gasteiger charge is -2.05. The predicted molar refractivity (Wildman–Crippen MR) is 172 cm³/mol. The van der Waals surface area contributed by atoms with Crippen LogP contribution in [0.4, 0.5) is 5.69 Å². The minimum atomic E-state index is -0.536. The normalized spacial score (nSPS) is 11.3. The van der Waals surface area contributed by atoms with E-state index in [0.29, 0.717) is 22.4 Å². The molecule has 210 valence electrons. The van der Waals surface area contributed by atoms with Crippen molar-refractivity contribution in [3.8, 4) is 44.9 Å². The van der Waals surface area contributed by atoms with Crippen LogP contribution in [-0.2, 0) is 4.79 Å². The molecule has 1 aliphatic rings. The highest BCUT2D eigenvalue weighted by Crippen LogP contribution is 2.34. The van der Waals surface area contributed by atoms with Gasteiger partial charge in [-0.25, -0.2) is 0 Å². The first kappa shape index (κ1) is 28.6. The summed E-state index contributed by atoms with van der Waals surface area (Å²) in [5, 5.41) is 21.6. The molecular weight excluding hydrogens is 534 g/mol. The van der Waals surface area contributed by atoms with E-state index < -0.39 is 11.7 Å². The number of rotatable bonds is 3. The molecule has 1 aliphatic heterocycles. The number of phenolic OH excluding ortho intramolecular Hbond substituents is 2. The zero-order valence-corrected chi connectivity index (χ0v) is 23.2. The van der Waals surface area contributed by atoms with E-state index in [4.69, 9.17) is 0 Å². The zero-order valence-electron chi connectivity index (χ0n) is 23.2. The summed E-state index contributed by atoms with van der Waals surface area (Å²) in [5.74, 6) is -0.630. The van der Waals surface area contributed by atoms with Gasteiger partial charge in [0.2, 0.25) is 0 Å². The average Bonchev–Trinajstić information content (AvgIpc) is 3.36. The number of carbonyl (C=O) groups excluding carboxylic acids is 2. The summed E-state index contributed by atoms with van der Waals surface area (Å²) in [7, 11) is 0. The van der Waals surface area contributed by atoms with Crippen LogP contribution in [0, 0.1) is 0 Å². The molecule has 0 aromatic heterocycles. The van der Waals surface area contributed by atoms with Crippen molar-refractivity contribution in [3.63, 3.8) is 0 Å². The standard InChI is InChI=1S/C18H14.C12H10O2.C8H5NO2/c1-3-7-15(8-4-1)17-11-13-18(14-12-17)16-9-5-2-6-10-16;13-11-7-3-1-5-9(11)10-6-2-4-8-12(10)14;10-7-5-3-1-2-4-6(5)9-8(7)11/h1-14H;1-8,13-14H;1-4H,(H,9,10,11). The number of anilines is 1. The van der Waals surface area contributed by atoms with Crippen molar-refractivity contribution < 1.29 is 19.8 Å². The Bertz CT molecular complexity index is 1730. The first-order chi connectivity index (χ1) is 21.0. The maximum atomic E-state index is 11.0. The number of phenols is 2. The van der Waals surface area contributed by atoms with E-state index >= 15 is 0 Å². The molecule has 6 aromatic carbocycles. The third kappa shape index (κ3) is 7.04. The van der Waals surface area contributed by atoms with Gasteiger partial charge in [0.05, 0.1) is 11.3 Å². The molecule has 0 saturated carbocycles. The summed E-state index contributed by atoms with van der Waals surface area (Å²) < 4.78 is 0. The third-order valence-corrected chi connectivity index (χ3v) is 6.82. The van der Waals surface area contributed by atoms with Crippen LogP contribution in [0.15, 0.2) is 158 Å². The summed E-state index contributed by atoms with van der Waals surface area (Å²) in [5.41, 5.74) is 7.41. The molecule has 0 bridgehead atoms. The number of aromatic hydroxyl groups is 2. The molecule has 7 rings (SSSR count). The predicted octanol–water partition coefficient (Wildman–Crippen LogP) is 8.61. The Labute approximate surface area is 250 Å². The maximum Gasteiger partial charge on any atom is 0.296 e. The summed E-state index contributed by atoms with van der Waals surface area (Å²) in [6, 6.07) is 50.3. The molecule has 1 heterocycles. The first-order valence-corrected chi connectivity index (χ1v) is 13.7. The van der Waals surface area contributed by atoms with E-state index in [0.717, 1.165) is 0 Å². The summed E-state index contributed by atoms with van der Waals surface area (Å²) in [6.45, 7) is 0. The van der Waals surface area contributed by atoms with Crippen LogP contribution in [0.25, 0.3) is 33.4 Å². The molecule has 0 saturated heterocycles. The van der Waals surface area contributed by atoms with Crippen LogP contribution < -0.4 is 5.32 Å². The van der Waals surface area contributed by atoms with Gasteiger partial charge in [0.1, 0.15) is 11.5 Å². The molecule has 5 heteroatoms. The molecule has 0 spiro atoms. The van der Waals surface area contributed by atoms with Gasteiger partial charge in [-0.1, -0.05) is 133 Å². The van der Waals surface area contributed by atoms with Crippen LogP contribution in [0.1, 0.15) is 10.4 Å². The molecule has 43 heavy (non-hydrogen) atoms. The number of hydrogen-bond donors (Lipinski definition) is 3. The molecule has 6 aromatic rings. The number of fused-ring (bicyclic) bond motifs is 1. The van der Waals surface area contributed by atoms with Gasteiger partial charge in [-0.3, -0.25) is 9.59 Å². The minimum absolute atomic E-state index is 0.175. The van der Waals surface area contributed by atoms with Gasteiger partial charge in [0.25, 0.3) is 11.7 Å². The Morgan fingerprint density at radius 1 is 0.372 bits per heavy atom. The van der Waals surface area contributed by atoms with Crippen molar-refractivity contribution >= 4 is 17.4 Å². The molecule has 0 unspecified atom stereocenters. The fourth-order valence-electron chi connectivity index (χ4n) is 4.61. The third-order valence-electron chi connectivity index (χ3n) is 6.82. The van der Waals surface area contributed by atoms with E-state index in [1.54, 1.807) is 60.7 Å². The van der Waals surface area contributed by atoms with Gasteiger partial charge in [-0.05, 0) is 46.5 Å². The van der Waals surface area contributed by atoms with Crippen molar-refractivity contribution in [2.24, 2.45) is 0 Å². The van der Waals surface area contributed by atoms with Gasteiger partial charge >= 0.3 is 0 Å². The topological polar surface area (TPSA) is 86.6 Å². The SMILES string of the molecule is O=C1Nc2ccccc2C1=O.Oc1ccccc1-c1ccccc1O.c1ccc(-c2ccc(-c3ccccc3)cc2)cc1. The van der Waals surface area contributed by atoms with Crippen molar-refractivity contribution in [2.45, 2.75) is 0 Å². The highest BCUT2D eigenvalue weighted by molar-refractivity contribution is 6.51. The van der Waals surface area contributed by atoms with Crippen molar-refractivity contribution in [3.05, 3.63) is 163 Å². The maximum absolute atomic E-state index is 11.0.